The molecule has 4 heterocycles. The molecule has 0 aromatic carbocycles. The average molecular weight is 351 g/mol. The predicted octanol–water partition coefficient (Wildman–Crippen LogP) is 2.57. The van der Waals surface area contributed by atoms with Crippen molar-refractivity contribution in [3.8, 4) is 5.88 Å². The molecule has 0 aliphatic carbocycles. The van der Waals surface area contributed by atoms with E-state index in [-0.39, 0.29) is 11.9 Å². The largest absolute Gasteiger partial charge is 0.471 e. The Labute approximate surface area is 151 Å². The molecule has 26 heavy (non-hydrogen) atoms. The molecule has 4 rings (SSSR count). The Balaban J connectivity index is 1.59. The van der Waals surface area contributed by atoms with Gasteiger partial charge >= 0.3 is 0 Å². The molecule has 0 N–H and O–H groups in total. The van der Waals surface area contributed by atoms with Gasteiger partial charge in [-0.2, -0.15) is 10.1 Å². The lowest BCUT2D eigenvalue weighted by Gasteiger charge is -2.20. The first-order chi connectivity index (χ1) is 12.6. The molecule has 3 aromatic heterocycles. The number of amides is 1. The molecular weight excluding hydrogens is 330 g/mol. The van der Waals surface area contributed by atoms with E-state index < -0.39 is 0 Å². The van der Waals surface area contributed by atoms with Gasteiger partial charge in [0.15, 0.2) is 11.3 Å². The van der Waals surface area contributed by atoms with Crippen molar-refractivity contribution in [3.05, 3.63) is 47.9 Å². The molecule has 1 fully saturated rings. The number of fused-ring (bicyclic) bond motifs is 1. The molecule has 3 aromatic rings. The Bertz CT molecular complexity index is 938. The van der Waals surface area contributed by atoms with Gasteiger partial charge in [0, 0.05) is 31.9 Å². The summed E-state index contributed by atoms with van der Waals surface area (Å²) < 4.78 is 7.37. The first-order valence-corrected chi connectivity index (χ1v) is 8.81. The van der Waals surface area contributed by atoms with Crippen molar-refractivity contribution in [3.63, 3.8) is 0 Å². The van der Waals surface area contributed by atoms with Crippen LogP contribution in [0.25, 0.3) is 11.0 Å². The fourth-order valence-electron chi connectivity index (χ4n) is 3.35. The first kappa shape index (κ1) is 16.5. The van der Waals surface area contributed by atoms with E-state index in [1.165, 1.54) is 0 Å². The summed E-state index contributed by atoms with van der Waals surface area (Å²) in [6, 6.07) is 9.57. The third kappa shape index (κ3) is 3.00. The zero-order valence-electron chi connectivity index (χ0n) is 14.9. The number of aryl methyl sites for hydroxylation is 1. The highest BCUT2D eigenvalue weighted by Crippen LogP contribution is 2.25. The van der Waals surface area contributed by atoms with Crippen molar-refractivity contribution in [2.75, 3.05) is 6.54 Å². The van der Waals surface area contributed by atoms with Crippen molar-refractivity contribution in [2.24, 2.45) is 7.05 Å². The molecule has 0 bridgehead atoms. The van der Waals surface area contributed by atoms with Crippen LogP contribution in [0.1, 0.15) is 35.9 Å². The standard InChI is InChI=1S/C19H21N5O2/c1-13-6-5-11-24(13)19(25)17-15-8-9-16(21-18(15)23(2)22-17)26-12-14-7-3-4-10-20-14/h3-4,7-10,13H,5-6,11-12H2,1-2H3/t13-/m1/s1. The first-order valence-electron chi connectivity index (χ1n) is 8.81. The number of hydrogen-bond acceptors (Lipinski definition) is 5. The number of rotatable bonds is 4. The molecule has 1 amide bonds. The quantitative estimate of drug-likeness (QED) is 0.722. The minimum absolute atomic E-state index is 0.0236. The van der Waals surface area contributed by atoms with E-state index in [0.29, 0.717) is 23.8 Å². The minimum atomic E-state index is -0.0236. The number of nitrogens with zero attached hydrogens (tertiary/aromatic N) is 5. The molecule has 1 aliphatic heterocycles. The minimum Gasteiger partial charge on any atom is -0.471 e. The zero-order chi connectivity index (χ0) is 18.1. The normalized spacial score (nSPS) is 17.0. The summed E-state index contributed by atoms with van der Waals surface area (Å²) in [5.41, 5.74) is 1.93. The molecule has 1 saturated heterocycles. The highest BCUT2D eigenvalue weighted by Gasteiger charge is 2.29. The number of hydrogen-bond donors (Lipinski definition) is 0. The SMILES string of the molecule is C[C@@H]1CCCN1C(=O)c1nn(C)c2nc(OCc3ccccn3)ccc12. The van der Waals surface area contributed by atoms with Crippen LogP contribution in [0.3, 0.4) is 0 Å². The zero-order valence-corrected chi connectivity index (χ0v) is 14.9. The van der Waals surface area contributed by atoms with Crippen LogP contribution < -0.4 is 4.74 Å². The maximum Gasteiger partial charge on any atom is 0.275 e. The number of aromatic nitrogens is 4. The summed E-state index contributed by atoms with van der Waals surface area (Å²) in [5.74, 6) is 0.462. The summed E-state index contributed by atoms with van der Waals surface area (Å²) in [6.07, 6.45) is 3.81. The maximum absolute atomic E-state index is 12.9. The number of pyridine rings is 2. The molecule has 0 radical (unpaired) electrons. The Morgan fingerprint density at radius 1 is 1.31 bits per heavy atom. The Morgan fingerprint density at radius 2 is 2.19 bits per heavy atom. The van der Waals surface area contributed by atoms with E-state index in [1.807, 2.05) is 29.2 Å². The van der Waals surface area contributed by atoms with Gasteiger partial charge in [-0.15, -0.1) is 0 Å². The molecular formula is C19H21N5O2. The second-order valence-electron chi connectivity index (χ2n) is 6.59. The van der Waals surface area contributed by atoms with Gasteiger partial charge in [-0.25, -0.2) is 4.68 Å². The molecule has 0 saturated carbocycles. The fraction of sp³-hybridized carbons (Fsp3) is 0.368. The van der Waals surface area contributed by atoms with E-state index in [4.69, 9.17) is 4.74 Å². The van der Waals surface area contributed by atoms with Crippen molar-refractivity contribution in [2.45, 2.75) is 32.4 Å². The molecule has 0 spiro atoms. The van der Waals surface area contributed by atoms with Gasteiger partial charge in [0.2, 0.25) is 5.88 Å². The summed E-state index contributed by atoms with van der Waals surface area (Å²) in [5, 5.41) is 5.17. The Morgan fingerprint density at radius 3 is 2.92 bits per heavy atom. The molecule has 7 heteroatoms. The van der Waals surface area contributed by atoms with Crippen LogP contribution in [-0.2, 0) is 13.7 Å². The van der Waals surface area contributed by atoms with Gasteiger partial charge in [0.25, 0.3) is 5.91 Å². The number of carbonyl (C=O) groups excluding carboxylic acids is 1. The molecule has 1 aliphatic rings. The lowest BCUT2D eigenvalue weighted by molar-refractivity contribution is 0.0742. The highest BCUT2D eigenvalue weighted by atomic mass is 16.5. The summed E-state index contributed by atoms with van der Waals surface area (Å²) in [4.78, 5) is 23.5. The Hall–Kier alpha value is -2.96. The van der Waals surface area contributed by atoms with Gasteiger partial charge in [-0.3, -0.25) is 9.78 Å². The van der Waals surface area contributed by atoms with Crippen molar-refractivity contribution >= 4 is 16.9 Å². The Kier molecular flexibility index (Phi) is 4.28. The van der Waals surface area contributed by atoms with Crippen LogP contribution >= 0.6 is 0 Å². The fourth-order valence-corrected chi connectivity index (χ4v) is 3.35. The maximum atomic E-state index is 12.9. The van der Waals surface area contributed by atoms with Crippen molar-refractivity contribution < 1.29 is 9.53 Å². The third-order valence-electron chi connectivity index (χ3n) is 4.77. The van der Waals surface area contributed by atoms with Crippen LogP contribution in [-0.4, -0.2) is 43.1 Å². The van der Waals surface area contributed by atoms with Gasteiger partial charge < -0.3 is 9.64 Å². The van der Waals surface area contributed by atoms with Gasteiger partial charge in [0.1, 0.15) is 6.61 Å². The van der Waals surface area contributed by atoms with Gasteiger partial charge in [-0.05, 0) is 38.0 Å². The second-order valence-corrected chi connectivity index (χ2v) is 6.59. The van der Waals surface area contributed by atoms with E-state index in [9.17, 15) is 4.79 Å². The van der Waals surface area contributed by atoms with Crippen LogP contribution in [0.2, 0.25) is 0 Å². The monoisotopic (exact) mass is 351 g/mol. The predicted molar refractivity (Wildman–Crippen MR) is 96.8 cm³/mol. The van der Waals surface area contributed by atoms with Crippen LogP contribution in [0.15, 0.2) is 36.5 Å². The summed E-state index contributed by atoms with van der Waals surface area (Å²) >= 11 is 0. The van der Waals surface area contributed by atoms with E-state index in [0.717, 1.165) is 30.5 Å². The van der Waals surface area contributed by atoms with Crippen molar-refractivity contribution in [1.29, 1.82) is 0 Å². The van der Waals surface area contributed by atoms with Crippen LogP contribution in [0.4, 0.5) is 0 Å². The summed E-state index contributed by atoms with van der Waals surface area (Å²) in [6.45, 7) is 3.21. The van der Waals surface area contributed by atoms with Gasteiger partial charge in [0.05, 0.1) is 11.1 Å². The smallest absolute Gasteiger partial charge is 0.275 e. The molecule has 134 valence electrons. The lowest BCUT2D eigenvalue weighted by atomic mass is 10.2. The second kappa shape index (κ2) is 6.74. The molecule has 7 nitrogen and oxygen atoms in total. The van der Waals surface area contributed by atoms with Crippen LogP contribution in [0.5, 0.6) is 5.88 Å². The number of ether oxygens (including phenoxy) is 1. The van der Waals surface area contributed by atoms with E-state index in [2.05, 4.69) is 22.0 Å². The van der Waals surface area contributed by atoms with Gasteiger partial charge in [-0.1, -0.05) is 6.07 Å². The summed E-state index contributed by atoms with van der Waals surface area (Å²) in [7, 11) is 1.79. The molecule has 0 unspecified atom stereocenters. The average Bonchev–Trinajstić information content (AvgIpc) is 3.24. The van der Waals surface area contributed by atoms with E-state index >= 15 is 0 Å². The number of likely N-dealkylation sites (tertiary alicyclic amines) is 1. The van der Waals surface area contributed by atoms with Crippen LogP contribution in [0, 0.1) is 0 Å². The third-order valence-corrected chi connectivity index (χ3v) is 4.77. The topological polar surface area (TPSA) is 73.1 Å². The highest BCUT2D eigenvalue weighted by molar-refractivity contribution is 6.04. The van der Waals surface area contributed by atoms with E-state index in [1.54, 1.807) is 24.0 Å². The lowest BCUT2D eigenvalue weighted by Crippen LogP contribution is -2.34. The van der Waals surface area contributed by atoms with Crippen molar-refractivity contribution in [1.82, 2.24) is 24.6 Å². The number of carbonyl (C=O) groups is 1. The molecule has 1 atom stereocenters.